The number of rotatable bonds is 5. The average Bonchev–Trinajstić information content (AvgIpc) is 2.26. The number of amides is 1. The number of benzene rings is 1. The normalized spacial score (nSPS) is 12.2. The molecular formula is C12H15BrFNO2. The molecule has 0 radical (unpaired) electrons. The second kappa shape index (κ2) is 6.71. The van der Waals surface area contributed by atoms with Crippen molar-refractivity contribution in [1.82, 2.24) is 5.32 Å². The highest BCUT2D eigenvalue weighted by Crippen LogP contribution is 2.17. The fraction of sp³-hybridized carbons (Fsp3) is 0.417. The van der Waals surface area contributed by atoms with Gasteiger partial charge in [0.25, 0.3) is 5.91 Å². The number of carbonyl (C=O) groups is 1. The summed E-state index contributed by atoms with van der Waals surface area (Å²) in [6.07, 6.45) is -0.0387. The maximum atomic E-state index is 12.8. The average molecular weight is 304 g/mol. The summed E-state index contributed by atoms with van der Waals surface area (Å²) in [7, 11) is 0. The van der Waals surface area contributed by atoms with Gasteiger partial charge in [-0.25, -0.2) is 4.39 Å². The van der Waals surface area contributed by atoms with Crippen LogP contribution in [0.1, 0.15) is 24.2 Å². The first-order valence-corrected chi connectivity index (χ1v) is 6.18. The number of ether oxygens (including phenoxy) is 1. The smallest absolute Gasteiger partial charge is 0.252 e. The van der Waals surface area contributed by atoms with Crippen LogP contribution >= 0.6 is 15.9 Å². The number of hydrogen-bond acceptors (Lipinski definition) is 2. The molecule has 0 bridgehead atoms. The highest BCUT2D eigenvalue weighted by Gasteiger charge is 2.11. The lowest BCUT2D eigenvalue weighted by molar-refractivity contribution is 0.0695. The minimum absolute atomic E-state index is 0.0387. The Morgan fingerprint density at radius 1 is 1.59 bits per heavy atom. The topological polar surface area (TPSA) is 38.3 Å². The summed E-state index contributed by atoms with van der Waals surface area (Å²) in [5.74, 6) is -0.625. The van der Waals surface area contributed by atoms with E-state index in [4.69, 9.17) is 4.74 Å². The number of nitrogens with one attached hydrogen (secondary N) is 1. The van der Waals surface area contributed by atoms with Crippen molar-refractivity contribution in [2.24, 2.45) is 0 Å². The number of hydrogen-bond donors (Lipinski definition) is 1. The van der Waals surface area contributed by atoms with Crippen molar-refractivity contribution in [3.8, 4) is 0 Å². The second-order valence-corrected chi connectivity index (χ2v) is 4.45. The molecule has 0 aromatic heterocycles. The quantitative estimate of drug-likeness (QED) is 0.908. The van der Waals surface area contributed by atoms with Crippen LogP contribution in [0.2, 0.25) is 0 Å². The summed E-state index contributed by atoms with van der Waals surface area (Å²) in [6.45, 7) is 4.81. The zero-order valence-electron chi connectivity index (χ0n) is 9.80. The standard InChI is InChI=1S/C12H15BrFNO2/c1-3-17-8(2)7-15-12(16)10-5-4-9(14)6-11(10)13/h4-6,8H,3,7H2,1-2H3,(H,15,16). The SMILES string of the molecule is CCOC(C)CNC(=O)c1ccc(F)cc1Br. The van der Waals surface area contributed by atoms with Crippen molar-refractivity contribution in [2.45, 2.75) is 20.0 Å². The third-order valence-corrected chi connectivity index (χ3v) is 2.83. The molecule has 0 fully saturated rings. The van der Waals surface area contributed by atoms with E-state index < -0.39 is 0 Å². The van der Waals surface area contributed by atoms with E-state index in [1.165, 1.54) is 18.2 Å². The zero-order chi connectivity index (χ0) is 12.8. The minimum atomic E-state index is -0.379. The molecule has 1 atom stereocenters. The van der Waals surface area contributed by atoms with Gasteiger partial charge in [0.05, 0.1) is 11.7 Å². The van der Waals surface area contributed by atoms with E-state index in [9.17, 15) is 9.18 Å². The Morgan fingerprint density at radius 2 is 2.29 bits per heavy atom. The largest absolute Gasteiger partial charge is 0.377 e. The minimum Gasteiger partial charge on any atom is -0.377 e. The summed E-state index contributed by atoms with van der Waals surface area (Å²) < 4.78 is 18.6. The maximum absolute atomic E-state index is 12.8. The van der Waals surface area contributed by atoms with Gasteiger partial charge in [-0.3, -0.25) is 4.79 Å². The summed E-state index contributed by atoms with van der Waals surface area (Å²) in [5.41, 5.74) is 0.412. The first kappa shape index (κ1) is 14.1. The third-order valence-electron chi connectivity index (χ3n) is 2.18. The lowest BCUT2D eigenvalue weighted by atomic mass is 10.2. The van der Waals surface area contributed by atoms with Crippen LogP contribution in [-0.4, -0.2) is 25.2 Å². The van der Waals surface area contributed by atoms with Gasteiger partial charge in [0, 0.05) is 17.6 Å². The van der Waals surface area contributed by atoms with E-state index in [0.29, 0.717) is 23.2 Å². The van der Waals surface area contributed by atoms with Crippen LogP contribution < -0.4 is 5.32 Å². The molecular weight excluding hydrogens is 289 g/mol. The number of halogens is 2. The first-order valence-electron chi connectivity index (χ1n) is 5.39. The fourth-order valence-electron chi connectivity index (χ4n) is 1.35. The fourth-order valence-corrected chi connectivity index (χ4v) is 1.88. The van der Waals surface area contributed by atoms with E-state index in [2.05, 4.69) is 21.2 Å². The molecule has 1 aromatic carbocycles. The zero-order valence-corrected chi connectivity index (χ0v) is 11.4. The Kier molecular flexibility index (Phi) is 5.58. The van der Waals surface area contributed by atoms with Crippen LogP contribution in [0, 0.1) is 5.82 Å². The van der Waals surface area contributed by atoms with Gasteiger partial charge in [0.1, 0.15) is 5.82 Å². The van der Waals surface area contributed by atoms with Gasteiger partial charge >= 0.3 is 0 Å². The molecule has 0 saturated heterocycles. The molecule has 0 spiro atoms. The van der Waals surface area contributed by atoms with Crippen molar-refractivity contribution in [3.05, 3.63) is 34.1 Å². The molecule has 94 valence electrons. The predicted octanol–water partition coefficient (Wildman–Crippen LogP) is 2.74. The van der Waals surface area contributed by atoms with Crippen molar-refractivity contribution >= 4 is 21.8 Å². The highest BCUT2D eigenvalue weighted by molar-refractivity contribution is 9.10. The van der Waals surface area contributed by atoms with Crippen LogP contribution in [0.5, 0.6) is 0 Å². The van der Waals surface area contributed by atoms with Crippen LogP contribution in [0.15, 0.2) is 22.7 Å². The lowest BCUT2D eigenvalue weighted by Gasteiger charge is -2.13. The Morgan fingerprint density at radius 3 is 2.88 bits per heavy atom. The van der Waals surface area contributed by atoms with Crippen LogP contribution in [-0.2, 0) is 4.74 Å². The van der Waals surface area contributed by atoms with Crippen LogP contribution in [0.3, 0.4) is 0 Å². The molecule has 0 heterocycles. The molecule has 17 heavy (non-hydrogen) atoms. The summed E-state index contributed by atoms with van der Waals surface area (Å²) >= 11 is 3.15. The first-order chi connectivity index (χ1) is 8.04. The van der Waals surface area contributed by atoms with Crippen LogP contribution in [0.4, 0.5) is 4.39 Å². The Bertz CT molecular complexity index is 398. The summed E-state index contributed by atoms with van der Waals surface area (Å²) in [6, 6.07) is 3.96. The molecule has 5 heteroatoms. The van der Waals surface area contributed by atoms with Gasteiger partial charge in [0.2, 0.25) is 0 Å². The van der Waals surface area contributed by atoms with Crippen LogP contribution in [0.25, 0.3) is 0 Å². The highest BCUT2D eigenvalue weighted by atomic mass is 79.9. The third kappa shape index (κ3) is 4.44. The second-order valence-electron chi connectivity index (χ2n) is 3.60. The molecule has 1 amide bonds. The van der Waals surface area contributed by atoms with Gasteiger partial charge in [0.15, 0.2) is 0 Å². The van der Waals surface area contributed by atoms with E-state index in [1.54, 1.807) is 0 Å². The molecule has 0 aliphatic heterocycles. The van der Waals surface area contributed by atoms with E-state index in [0.717, 1.165) is 0 Å². The van der Waals surface area contributed by atoms with E-state index >= 15 is 0 Å². The summed E-state index contributed by atoms with van der Waals surface area (Å²) in [4.78, 5) is 11.8. The molecule has 1 unspecified atom stereocenters. The van der Waals surface area contributed by atoms with E-state index in [-0.39, 0.29) is 17.8 Å². The molecule has 1 aromatic rings. The molecule has 1 N–H and O–H groups in total. The van der Waals surface area contributed by atoms with Gasteiger partial charge in [-0.05, 0) is 48.0 Å². The summed E-state index contributed by atoms with van der Waals surface area (Å²) in [5, 5.41) is 2.73. The van der Waals surface area contributed by atoms with Crippen molar-refractivity contribution in [1.29, 1.82) is 0 Å². The van der Waals surface area contributed by atoms with Gasteiger partial charge < -0.3 is 10.1 Å². The molecule has 0 saturated carbocycles. The lowest BCUT2D eigenvalue weighted by Crippen LogP contribution is -2.32. The predicted molar refractivity (Wildman–Crippen MR) is 67.5 cm³/mol. The van der Waals surface area contributed by atoms with Gasteiger partial charge in [-0.15, -0.1) is 0 Å². The van der Waals surface area contributed by atoms with Crippen molar-refractivity contribution < 1.29 is 13.9 Å². The van der Waals surface area contributed by atoms with Gasteiger partial charge in [-0.2, -0.15) is 0 Å². The van der Waals surface area contributed by atoms with Gasteiger partial charge in [-0.1, -0.05) is 0 Å². The Hall–Kier alpha value is -0.940. The molecule has 0 aliphatic rings. The maximum Gasteiger partial charge on any atom is 0.252 e. The monoisotopic (exact) mass is 303 g/mol. The number of carbonyl (C=O) groups excluding carboxylic acids is 1. The van der Waals surface area contributed by atoms with Crippen molar-refractivity contribution in [3.63, 3.8) is 0 Å². The van der Waals surface area contributed by atoms with E-state index in [1.807, 2.05) is 13.8 Å². The molecule has 3 nitrogen and oxygen atoms in total. The Balaban J connectivity index is 2.58. The van der Waals surface area contributed by atoms with Crippen molar-refractivity contribution in [2.75, 3.05) is 13.2 Å². The molecule has 1 rings (SSSR count). The Labute approximate surface area is 108 Å². The molecule has 0 aliphatic carbocycles.